The number of nitrogens with zero attached hydrogens (tertiary/aromatic N) is 2. The minimum atomic E-state index is 0.155. The number of anilines is 1. The molecule has 2 aromatic rings. The molecule has 1 aromatic carbocycles. The van der Waals surface area contributed by atoms with Gasteiger partial charge in [0.2, 0.25) is 0 Å². The number of aliphatic hydroxyl groups excluding tert-OH is 1. The summed E-state index contributed by atoms with van der Waals surface area (Å²) < 4.78 is 5.75. The van der Waals surface area contributed by atoms with Crippen LogP contribution in [0.15, 0.2) is 24.5 Å². The summed E-state index contributed by atoms with van der Waals surface area (Å²) in [7, 11) is 0. The maximum atomic E-state index is 8.94. The number of hydrogen-bond acceptors (Lipinski definition) is 5. The summed E-state index contributed by atoms with van der Waals surface area (Å²) in [6.45, 7) is 5.08. The Kier molecular flexibility index (Phi) is 5.98. The maximum Gasteiger partial charge on any atom is 0.148 e. The molecule has 0 saturated carbocycles. The van der Waals surface area contributed by atoms with Gasteiger partial charge in [-0.3, -0.25) is 0 Å². The van der Waals surface area contributed by atoms with Crippen LogP contribution in [0.4, 0.5) is 5.82 Å². The van der Waals surface area contributed by atoms with E-state index in [9.17, 15) is 0 Å². The number of ether oxygens (including phenoxy) is 1. The van der Waals surface area contributed by atoms with E-state index in [-0.39, 0.29) is 6.61 Å². The van der Waals surface area contributed by atoms with Crippen LogP contribution < -0.4 is 10.1 Å². The highest BCUT2D eigenvalue weighted by molar-refractivity contribution is 6.33. The molecule has 2 N–H and O–H groups in total. The van der Waals surface area contributed by atoms with E-state index in [1.54, 1.807) is 0 Å². The number of aliphatic hydroxyl groups is 1. The number of aromatic nitrogens is 2. The topological polar surface area (TPSA) is 67.3 Å². The summed E-state index contributed by atoms with van der Waals surface area (Å²) >= 11 is 6.11. The van der Waals surface area contributed by atoms with E-state index in [4.69, 9.17) is 21.4 Å². The molecule has 22 heavy (non-hydrogen) atoms. The zero-order valence-corrected chi connectivity index (χ0v) is 13.5. The van der Waals surface area contributed by atoms with Crippen LogP contribution in [0.3, 0.4) is 0 Å². The van der Waals surface area contributed by atoms with Crippen molar-refractivity contribution in [2.45, 2.75) is 20.3 Å². The van der Waals surface area contributed by atoms with Crippen molar-refractivity contribution in [3.8, 4) is 5.75 Å². The second-order valence-corrected chi connectivity index (χ2v) is 5.35. The molecule has 0 aliphatic carbocycles. The monoisotopic (exact) mass is 321 g/mol. The predicted octanol–water partition coefficient (Wildman–Crippen LogP) is 2.77. The van der Waals surface area contributed by atoms with Crippen molar-refractivity contribution in [1.29, 1.82) is 0 Å². The van der Waals surface area contributed by atoms with E-state index >= 15 is 0 Å². The minimum Gasteiger partial charge on any atom is -0.491 e. The number of aryl methyl sites for hydroxylation is 2. The van der Waals surface area contributed by atoms with Gasteiger partial charge < -0.3 is 15.2 Å². The normalized spacial score (nSPS) is 10.5. The Morgan fingerprint density at radius 2 is 2.09 bits per heavy atom. The predicted molar refractivity (Wildman–Crippen MR) is 87.7 cm³/mol. The maximum absolute atomic E-state index is 8.94. The molecule has 5 nitrogen and oxygen atoms in total. The Hall–Kier alpha value is -1.85. The van der Waals surface area contributed by atoms with Gasteiger partial charge in [0.1, 0.15) is 29.5 Å². The van der Waals surface area contributed by atoms with Gasteiger partial charge in [0.05, 0.1) is 12.2 Å². The van der Waals surface area contributed by atoms with E-state index in [0.29, 0.717) is 30.4 Å². The molecule has 0 spiro atoms. The highest BCUT2D eigenvalue weighted by atomic mass is 35.5. The molecule has 0 saturated heterocycles. The SMILES string of the molecule is Cc1cc(CCO)ccc1OCCNc1ncnc(C)c1Cl. The van der Waals surface area contributed by atoms with Gasteiger partial charge in [-0.25, -0.2) is 9.97 Å². The second kappa shape index (κ2) is 7.96. The molecule has 0 aliphatic rings. The molecule has 0 aliphatic heterocycles. The first-order valence-corrected chi connectivity index (χ1v) is 7.53. The first-order valence-electron chi connectivity index (χ1n) is 7.16. The Morgan fingerprint density at radius 3 is 2.82 bits per heavy atom. The van der Waals surface area contributed by atoms with Crippen molar-refractivity contribution in [1.82, 2.24) is 9.97 Å². The Bertz CT molecular complexity index is 635. The van der Waals surface area contributed by atoms with Crippen LogP contribution in [0.2, 0.25) is 5.02 Å². The average Bonchev–Trinajstić information content (AvgIpc) is 2.50. The molecule has 0 unspecified atom stereocenters. The minimum absolute atomic E-state index is 0.155. The standard InChI is InChI=1S/C16H20ClN3O2/c1-11-9-13(5-7-21)3-4-14(11)22-8-6-18-16-15(17)12(2)19-10-20-16/h3-4,9-10,21H,5-8H2,1-2H3,(H,18,19,20). The first kappa shape index (κ1) is 16.5. The van der Waals surface area contributed by atoms with Crippen molar-refractivity contribution in [2.75, 3.05) is 25.1 Å². The van der Waals surface area contributed by atoms with Gasteiger partial charge in [0.15, 0.2) is 0 Å². The molecule has 0 atom stereocenters. The van der Waals surface area contributed by atoms with Crippen LogP contribution in [0, 0.1) is 13.8 Å². The summed E-state index contributed by atoms with van der Waals surface area (Å²) in [4.78, 5) is 8.12. The number of halogens is 1. The third kappa shape index (κ3) is 4.32. The lowest BCUT2D eigenvalue weighted by Crippen LogP contribution is -2.13. The zero-order valence-electron chi connectivity index (χ0n) is 12.8. The number of rotatable bonds is 7. The Balaban J connectivity index is 1.85. The van der Waals surface area contributed by atoms with Crippen molar-refractivity contribution in [3.63, 3.8) is 0 Å². The summed E-state index contributed by atoms with van der Waals surface area (Å²) in [5, 5.41) is 12.6. The van der Waals surface area contributed by atoms with Crippen LogP contribution in [-0.2, 0) is 6.42 Å². The molecule has 6 heteroatoms. The molecule has 0 radical (unpaired) electrons. The Labute approximate surface area is 135 Å². The summed E-state index contributed by atoms with van der Waals surface area (Å²) in [6, 6.07) is 5.93. The highest BCUT2D eigenvalue weighted by Crippen LogP contribution is 2.21. The Morgan fingerprint density at radius 1 is 1.27 bits per heavy atom. The molecule has 0 fully saturated rings. The van der Waals surface area contributed by atoms with Crippen LogP contribution in [0.25, 0.3) is 0 Å². The molecule has 2 rings (SSSR count). The lowest BCUT2D eigenvalue weighted by Gasteiger charge is -2.12. The van der Waals surface area contributed by atoms with Gasteiger partial charge in [0, 0.05) is 6.61 Å². The first-order chi connectivity index (χ1) is 10.6. The largest absolute Gasteiger partial charge is 0.491 e. The van der Waals surface area contributed by atoms with Gasteiger partial charge in [0.25, 0.3) is 0 Å². The number of hydrogen-bond donors (Lipinski definition) is 2. The fourth-order valence-electron chi connectivity index (χ4n) is 2.07. The second-order valence-electron chi connectivity index (χ2n) is 4.97. The molecule has 1 heterocycles. The van der Waals surface area contributed by atoms with Crippen LogP contribution >= 0.6 is 11.6 Å². The van der Waals surface area contributed by atoms with E-state index in [1.165, 1.54) is 6.33 Å². The smallest absolute Gasteiger partial charge is 0.148 e. The molecule has 1 aromatic heterocycles. The third-order valence-corrected chi connectivity index (χ3v) is 3.71. The van der Waals surface area contributed by atoms with Crippen molar-refractivity contribution >= 4 is 17.4 Å². The van der Waals surface area contributed by atoms with E-state index in [1.807, 2.05) is 32.0 Å². The van der Waals surface area contributed by atoms with Gasteiger partial charge in [-0.1, -0.05) is 23.7 Å². The van der Waals surface area contributed by atoms with Gasteiger partial charge >= 0.3 is 0 Å². The van der Waals surface area contributed by atoms with Crippen molar-refractivity contribution in [3.05, 3.63) is 46.4 Å². The van der Waals surface area contributed by atoms with Gasteiger partial charge in [-0.05, 0) is 37.5 Å². The van der Waals surface area contributed by atoms with Crippen molar-refractivity contribution in [2.24, 2.45) is 0 Å². The fraction of sp³-hybridized carbons (Fsp3) is 0.375. The van der Waals surface area contributed by atoms with Crippen LogP contribution in [0.1, 0.15) is 16.8 Å². The number of nitrogens with one attached hydrogen (secondary N) is 1. The lowest BCUT2D eigenvalue weighted by atomic mass is 10.1. The van der Waals surface area contributed by atoms with Gasteiger partial charge in [-0.15, -0.1) is 0 Å². The van der Waals surface area contributed by atoms with E-state index in [2.05, 4.69) is 15.3 Å². The van der Waals surface area contributed by atoms with Crippen molar-refractivity contribution < 1.29 is 9.84 Å². The summed E-state index contributed by atoms with van der Waals surface area (Å²) in [6.07, 6.45) is 2.14. The van der Waals surface area contributed by atoms with E-state index in [0.717, 1.165) is 22.6 Å². The quantitative estimate of drug-likeness (QED) is 0.768. The molecule has 118 valence electrons. The van der Waals surface area contributed by atoms with Gasteiger partial charge in [-0.2, -0.15) is 0 Å². The van der Waals surface area contributed by atoms with Crippen LogP contribution in [0.5, 0.6) is 5.75 Å². The molecular formula is C16H20ClN3O2. The molecule has 0 bridgehead atoms. The van der Waals surface area contributed by atoms with E-state index < -0.39 is 0 Å². The zero-order chi connectivity index (χ0) is 15.9. The average molecular weight is 322 g/mol. The highest BCUT2D eigenvalue weighted by Gasteiger charge is 2.05. The molecule has 0 amide bonds. The van der Waals surface area contributed by atoms with Crippen LogP contribution in [-0.4, -0.2) is 34.8 Å². The summed E-state index contributed by atoms with van der Waals surface area (Å²) in [5.74, 6) is 1.46. The third-order valence-electron chi connectivity index (χ3n) is 3.26. The molecular weight excluding hydrogens is 302 g/mol. The number of benzene rings is 1. The lowest BCUT2D eigenvalue weighted by molar-refractivity contribution is 0.299. The fourth-order valence-corrected chi connectivity index (χ4v) is 2.23. The summed E-state index contributed by atoms with van der Waals surface area (Å²) in [5.41, 5.74) is 2.91.